The number of amides is 3. The molecular formula is C14H13N3O2S. The highest BCUT2D eigenvalue weighted by Crippen LogP contribution is 2.14. The summed E-state index contributed by atoms with van der Waals surface area (Å²) in [4.78, 5) is 30.0. The zero-order chi connectivity index (χ0) is 14.4. The van der Waals surface area contributed by atoms with E-state index in [9.17, 15) is 9.59 Å². The van der Waals surface area contributed by atoms with E-state index in [-0.39, 0.29) is 11.7 Å². The van der Waals surface area contributed by atoms with Gasteiger partial charge in [-0.1, -0.05) is 48.7 Å². The zero-order valence-electron chi connectivity index (χ0n) is 10.7. The highest BCUT2D eigenvalue weighted by atomic mass is 32.2. The van der Waals surface area contributed by atoms with Gasteiger partial charge in [-0.3, -0.25) is 4.79 Å². The van der Waals surface area contributed by atoms with Gasteiger partial charge in [-0.25, -0.2) is 4.79 Å². The fraction of sp³-hybridized carbons (Fsp3) is 0.143. The van der Waals surface area contributed by atoms with E-state index in [1.807, 2.05) is 30.3 Å². The van der Waals surface area contributed by atoms with Gasteiger partial charge in [0.2, 0.25) is 5.91 Å². The number of aliphatic imine (C=N–C) groups is 2. The second-order valence-electron chi connectivity index (χ2n) is 4.03. The minimum Gasteiger partial charge on any atom is -0.351 e. The van der Waals surface area contributed by atoms with Gasteiger partial charge < -0.3 is 5.32 Å². The van der Waals surface area contributed by atoms with Crippen LogP contribution in [0.1, 0.15) is 5.56 Å². The van der Waals surface area contributed by atoms with Crippen molar-refractivity contribution in [3.63, 3.8) is 0 Å². The van der Waals surface area contributed by atoms with Crippen LogP contribution < -0.4 is 5.32 Å². The Morgan fingerprint density at radius 3 is 2.80 bits per heavy atom. The topological polar surface area (TPSA) is 70.9 Å². The molecule has 3 amide bonds. The first-order valence-corrected chi connectivity index (χ1v) is 6.93. The summed E-state index contributed by atoms with van der Waals surface area (Å²) in [6.07, 6.45) is 1.36. The van der Waals surface area contributed by atoms with Crippen LogP contribution in [-0.4, -0.2) is 28.9 Å². The average Bonchev–Trinajstić information content (AvgIpc) is 2.47. The van der Waals surface area contributed by atoms with Crippen LogP contribution >= 0.6 is 11.8 Å². The number of carbonyl (C=O) groups excluding carboxylic acids is 2. The van der Waals surface area contributed by atoms with E-state index in [2.05, 4.69) is 21.9 Å². The molecule has 0 fully saturated rings. The average molecular weight is 287 g/mol. The highest BCUT2D eigenvalue weighted by molar-refractivity contribution is 8.15. The summed E-state index contributed by atoms with van der Waals surface area (Å²) in [5.41, 5.74) is 1.58. The molecule has 0 saturated carbocycles. The molecule has 1 heterocycles. The lowest BCUT2D eigenvalue weighted by Gasteiger charge is -2.08. The van der Waals surface area contributed by atoms with Crippen molar-refractivity contribution < 1.29 is 9.59 Å². The van der Waals surface area contributed by atoms with Crippen LogP contribution in [0.25, 0.3) is 0 Å². The van der Waals surface area contributed by atoms with Gasteiger partial charge in [0.05, 0.1) is 5.75 Å². The summed E-state index contributed by atoms with van der Waals surface area (Å²) in [7, 11) is 0. The summed E-state index contributed by atoms with van der Waals surface area (Å²) in [6, 6.07) is 9.08. The fourth-order valence-electron chi connectivity index (χ4n) is 1.48. The van der Waals surface area contributed by atoms with E-state index >= 15 is 0 Å². The van der Waals surface area contributed by atoms with Crippen LogP contribution in [0.2, 0.25) is 0 Å². The van der Waals surface area contributed by atoms with Crippen molar-refractivity contribution in [2.24, 2.45) is 9.98 Å². The van der Waals surface area contributed by atoms with Crippen molar-refractivity contribution in [1.82, 2.24) is 5.32 Å². The van der Waals surface area contributed by atoms with E-state index in [1.165, 1.54) is 18.0 Å². The molecular weight excluding hydrogens is 274 g/mol. The molecule has 1 aromatic rings. The Balaban J connectivity index is 1.78. The van der Waals surface area contributed by atoms with Gasteiger partial charge in [0.15, 0.2) is 0 Å². The second-order valence-corrected chi connectivity index (χ2v) is 5.00. The third kappa shape index (κ3) is 4.17. The standard InChI is InChI=1S/C14H13N3O2S/c1-10-7-16-14(19)17-13(10)20-9-12(18)15-8-11-5-3-2-4-6-11/h2-7H,1,8-9H2,(H,15,18). The Labute approximate surface area is 120 Å². The van der Waals surface area contributed by atoms with Gasteiger partial charge in [0.1, 0.15) is 5.04 Å². The molecule has 1 N–H and O–H groups in total. The fourth-order valence-corrected chi connectivity index (χ4v) is 2.23. The van der Waals surface area contributed by atoms with Crippen LogP contribution in [0.4, 0.5) is 4.79 Å². The van der Waals surface area contributed by atoms with Gasteiger partial charge in [-0.05, 0) is 5.56 Å². The van der Waals surface area contributed by atoms with Gasteiger partial charge in [0, 0.05) is 18.3 Å². The Morgan fingerprint density at radius 2 is 2.05 bits per heavy atom. The first kappa shape index (κ1) is 14.2. The van der Waals surface area contributed by atoms with Gasteiger partial charge in [0.25, 0.3) is 0 Å². The molecule has 2 rings (SSSR count). The van der Waals surface area contributed by atoms with Crippen LogP contribution in [-0.2, 0) is 11.3 Å². The van der Waals surface area contributed by atoms with Crippen LogP contribution in [0.15, 0.2) is 52.5 Å². The molecule has 0 aromatic heterocycles. The minimum absolute atomic E-state index is 0.121. The summed E-state index contributed by atoms with van der Waals surface area (Å²) < 4.78 is 0. The van der Waals surface area contributed by atoms with Crippen LogP contribution in [0.3, 0.4) is 0 Å². The van der Waals surface area contributed by atoms with Crippen molar-refractivity contribution in [3.05, 3.63) is 48.0 Å². The maximum atomic E-state index is 11.7. The summed E-state index contributed by atoms with van der Waals surface area (Å²) in [5, 5.41) is 3.25. The van der Waals surface area contributed by atoms with E-state index < -0.39 is 6.03 Å². The molecule has 0 unspecified atom stereocenters. The molecule has 20 heavy (non-hydrogen) atoms. The van der Waals surface area contributed by atoms with Gasteiger partial charge in [-0.15, -0.1) is 0 Å². The Bertz CT molecular complexity index is 594. The smallest absolute Gasteiger partial charge is 0.351 e. The Morgan fingerprint density at radius 1 is 1.30 bits per heavy atom. The number of benzene rings is 1. The van der Waals surface area contributed by atoms with Crippen LogP contribution in [0.5, 0.6) is 0 Å². The van der Waals surface area contributed by atoms with Crippen LogP contribution in [0, 0.1) is 0 Å². The molecule has 0 radical (unpaired) electrons. The molecule has 0 atom stereocenters. The number of nitrogens with zero attached hydrogens (tertiary/aromatic N) is 2. The molecule has 0 spiro atoms. The number of hydrogen-bond acceptors (Lipinski definition) is 3. The lowest BCUT2D eigenvalue weighted by Crippen LogP contribution is -2.25. The number of hydrogen-bond donors (Lipinski definition) is 1. The van der Waals surface area contributed by atoms with E-state index in [0.29, 0.717) is 17.2 Å². The molecule has 0 aliphatic carbocycles. The number of carbonyl (C=O) groups is 2. The molecule has 1 aliphatic rings. The van der Waals surface area contributed by atoms with Crippen molar-refractivity contribution in [3.8, 4) is 0 Å². The SMILES string of the molecule is C=C1C=NC(=O)N=C1SCC(=O)NCc1ccccc1. The summed E-state index contributed by atoms with van der Waals surface area (Å²) in [6.45, 7) is 4.20. The molecule has 1 aliphatic heterocycles. The predicted molar refractivity (Wildman–Crippen MR) is 81.2 cm³/mol. The molecule has 1 aromatic carbocycles. The van der Waals surface area contributed by atoms with E-state index in [0.717, 1.165) is 5.56 Å². The third-order valence-electron chi connectivity index (χ3n) is 2.48. The van der Waals surface area contributed by atoms with Crippen molar-refractivity contribution >= 4 is 35.0 Å². The number of rotatable bonds is 4. The van der Waals surface area contributed by atoms with E-state index in [1.54, 1.807) is 0 Å². The van der Waals surface area contributed by atoms with Gasteiger partial charge in [-0.2, -0.15) is 9.98 Å². The first-order valence-electron chi connectivity index (χ1n) is 5.94. The predicted octanol–water partition coefficient (Wildman–Crippen LogP) is 2.20. The normalized spacial score (nSPS) is 14.1. The zero-order valence-corrected chi connectivity index (χ0v) is 11.5. The lowest BCUT2D eigenvalue weighted by molar-refractivity contribution is -0.118. The molecule has 6 heteroatoms. The molecule has 0 bridgehead atoms. The third-order valence-corrected chi connectivity index (χ3v) is 3.51. The monoisotopic (exact) mass is 287 g/mol. The van der Waals surface area contributed by atoms with Crippen molar-refractivity contribution in [2.75, 3.05) is 5.75 Å². The maximum Gasteiger partial charge on any atom is 0.368 e. The minimum atomic E-state index is -0.565. The molecule has 0 saturated heterocycles. The van der Waals surface area contributed by atoms with E-state index in [4.69, 9.17) is 0 Å². The summed E-state index contributed by atoms with van der Waals surface area (Å²) >= 11 is 1.18. The maximum absolute atomic E-state index is 11.7. The first-order chi connectivity index (χ1) is 9.65. The Kier molecular flexibility index (Phi) is 4.84. The number of urea groups is 1. The lowest BCUT2D eigenvalue weighted by atomic mass is 10.2. The number of thioether (sulfide) groups is 1. The second kappa shape index (κ2) is 6.81. The van der Waals surface area contributed by atoms with Crippen molar-refractivity contribution in [2.45, 2.75) is 6.54 Å². The number of nitrogens with one attached hydrogen (secondary N) is 1. The highest BCUT2D eigenvalue weighted by Gasteiger charge is 2.13. The summed E-state index contributed by atoms with van der Waals surface area (Å²) in [5.74, 6) is 0.0653. The largest absolute Gasteiger partial charge is 0.368 e. The molecule has 5 nitrogen and oxygen atoms in total. The van der Waals surface area contributed by atoms with Gasteiger partial charge >= 0.3 is 6.03 Å². The molecule has 102 valence electrons. The quantitative estimate of drug-likeness (QED) is 0.922. The Hall–Kier alpha value is -2.21. The van der Waals surface area contributed by atoms with Crippen molar-refractivity contribution in [1.29, 1.82) is 0 Å².